The minimum absolute atomic E-state index is 0.0536. The van der Waals surface area contributed by atoms with Crippen LogP contribution >= 0.6 is 0 Å². The van der Waals surface area contributed by atoms with Gasteiger partial charge in [0.2, 0.25) is 15.9 Å². The maximum atomic E-state index is 13.6. The number of rotatable bonds is 12. The van der Waals surface area contributed by atoms with E-state index in [2.05, 4.69) is 16.6 Å². The largest absolute Gasteiger partial charge is 0.479 e. The van der Waals surface area contributed by atoms with Crippen LogP contribution in [0.5, 0.6) is 0 Å². The van der Waals surface area contributed by atoms with Crippen molar-refractivity contribution in [1.82, 2.24) is 4.72 Å². The summed E-state index contributed by atoms with van der Waals surface area (Å²) in [5, 5.41) is 50.3. The van der Waals surface area contributed by atoms with E-state index in [0.29, 0.717) is 28.8 Å². The molecule has 0 unspecified atom stereocenters. The average Bonchev–Trinajstić information content (AvgIpc) is 3.08. The molecular weight excluding hydrogens is 675 g/mol. The zero-order valence-corrected chi connectivity index (χ0v) is 27.6. The molecule has 5 rings (SSSR count). The van der Waals surface area contributed by atoms with Gasteiger partial charge in [-0.25, -0.2) is 22.3 Å². The molecule has 2 fully saturated rings. The Balaban J connectivity index is 1.31. The second-order valence-corrected chi connectivity index (χ2v) is 14.0. The number of β-lactam (4-membered cyclic amide) rings is 1. The minimum atomic E-state index is -3.37. The Kier molecular flexibility index (Phi) is 11.7. The summed E-state index contributed by atoms with van der Waals surface area (Å²) in [4.78, 5) is 26.6. The maximum Gasteiger partial charge on any atom is 0.335 e. The molecule has 2 aliphatic heterocycles. The van der Waals surface area contributed by atoms with Crippen LogP contribution in [0.25, 0.3) is 0 Å². The van der Waals surface area contributed by atoms with Crippen LogP contribution in [-0.2, 0) is 35.7 Å². The van der Waals surface area contributed by atoms with Gasteiger partial charge in [0, 0.05) is 11.3 Å². The first-order chi connectivity index (χ1) is 23.7. The van der Waals surface area contributed by atoms with E-state index < -0.39 is 70.6 Å². The Hall–Kier alpha value is -4.24. The molecule has 0 spiro atoms. The number of sulfonamides is 1. The number of aliphatic hydroxyl groups excluding tert-OH is 4. The minimum Gasteiger partial charge on any atom is -0.479 e. The lowest BCUT2D eigenvalue weighted by molar-refractivity contribution is -0.297. The van der Waals surface area contributed by atoms with Gasteiger partial charge >= 0.3 is 5.97 Å². The molecule has 15 heteroatoms. The highest BCUT2D eigenvalue weighted by Crippen LogP contribution is 2.46. The lowest BCUT2D eigenvalue weighted by Crippen LogP contribution is -2.60. The molecule has 1 amide bonds. The maximum absolute atomic E-state index is 13.6. The van der Waals surface area contributed by atoms with E-state index in [1.807, 2.05) is 0 Å². The number of anilines is 1. The highest BCUT2D eigenvalue weighted by Gasteiger charge is 2.49. The zero-order chi connectivity index (χ0) is 36.2. The van der Waals surface area contributed by atoms with Gasteiger partial charge in [0.1, 0.15) is 24.1 Å². The van der Waals surface area contributed by atoms with Gasteiger partial charge in [-0.2, -0.15) is 0 Å². The number of hydrogen-bond acceptors (Lipinski definition) is 10. The fourth-order valence-electron chi connectivity index (χ4n) is 5.89. The molecule has 6 N–H and O–H groups in total. The van der Waals surface area contributed by atoms with Crippen molar-refractivity contribution in [2.45, 2.75) is 62.3 Å². The van der Waals surface area contributed by atoms with Crippen molar-refractivity contribution in [1.29, 1.82) is 0 Å². The third kappa shape index (κ3) is 8.73. The number of aliphatic carboxylic acids is 1. The second kappa shape index (κ2) is 15.8. The predicted molar refractivity (Wildman–Crippen MR) is 176 cm³/mol. The summed E-state index contributed by atoms with van der Waals surface area (Å²) >= 11 is 0. The topological polar surface area (TPSA) is 203 Å². The molecule has 2 aliphatic rings. The molecule has 2 heterocycles. The van der Waals surface area contributed by atoms with Crippen molar-refractivity contribution in [3.63, 3.8) is 0 Å². The second-order valence-electron chi connectivity index (χ2n) is 12.1. The van der Waals surface area contributed by atoms with Crippen LogP contribution in [-0.4, -0.2) is 89.3 Å². The van der Waals surface area contributed by atoms with E-state index in [0.717, 1.165) is 11.8 Å². The van der Waals surface area contributed by atoms with Crippen LogP contribution in [0.1, 0.15) is 47.2 Å². The first-order valence-electron chi connectivity index (χ1n) is 15.7. The van der Waals surface area contributed by atoms with E-state index in [4.69, 9.17) is 9.47 Å². The molecule has 0 saturated carbocycles. The Labute approximate surface area is 287 Å². The van der Waals surface area contributed by atoms with Crippen molar-refractivity contribution >= 4 is 27.6 Å². The van der Waals surface area contributed by atoms with Gasteiger partial charge in [-0.3, -0.25) is 4.79 Å². The number of halogens is 1. The van der Waals surface area contributed by atoms with Crippen molar-refractivity contribution in [2.24, 2.45) is 5.92 Å². The smallest absolute Gasteiger partial charge is 0.335 e. The number of hydrogen-bond donors (Lipinski definition) is 6. The molecule has 3 aromatic carbocycles. The van der Waals surface area contributed by atoms with Crippen LogP contribution in [0.2, 0.25) is 0 Å². The number of carbonyl (C=O) groups is 2. The van der Waals surface area contributed by atoms with Crippen molar-refractivity contribution < 1.29 is 57.4 Å². The Morgan fingerprint density at radius 1 is 1.00 bits per heavy atom. The lowest BCUT2D eigenvalue weighted by Gasteiger charge is -2.48. The summed E-state index contributed by atoms with van der Waals surface area (Å²) in [6, 6.07) is 19.0. The van der Waals surface area contributed by atoms with Crippen LogP contribution in [0.15, 0.2) is 72.8 Å². The van der Waals surface area contributed by atoms with Gasteiger partial charge < -0.3 is 39.9 Å². The number of aliphatic hydroxyl groups is 4. The first-order valence-corrected chi connectivity index (χ1v) is 17.6. The quantitative estimate of drug-likeness (QED) is 0.117. The molecule has 13 nitrogen and oxygen atoms in total. The third-order valence-electron chi connectivity index (χ3n) is 8.57. The van der Waals surface area contributed by atoms with Crippen molar-refractivity contribution in [3.8, 4) is 11.8 Å². The monoisotopic (exact) mass is 712 g/mol. The number of ether oxygens (including phenoxy) is 2. The van der Waals surface area contributed by atoms with Crippen LogP contribution in [0, 0.1) is 23.6 Å². The Bertz CT molecular complexity index is 1830. The van der Waals surface area contributed by atoms with Crippen LogP contribution < -0.4 is 9.62 Å². The molecule has 0 bridgehead atoms. The van der Waals surface area contributed by atoms with Gasteiger partial charge in [-0.15, -0.1) is 0 Å². The highest BCUT2D eigenvalue weighted by molar-refractivity contribution is 7.88. The van der Waals surface area contributed by atoms with Crippen LogP contribution in [0.3, 0.4) is 0 Å². The van der Waals surface area contributed by atoms with Crippen molar-refractivity contribution in [3.05, 3.63) is 101 Å². The number of amides is 1. The molecule has 2 saturated heterocycles. The average molecular weight is 713 g/mol. The Morgan fingerprint density at radius 3 is 2.28 bits per heavy atom. The SMILES string of the molecule is CS(=O)(=O)NCC#Cc1ccc(N2C(=O)[C@H](CC[C@H](O)c3ccc(F)cc3)[C@H]2c2ccc(CO[C@@H]3O[C@H](C(=O)O)[C@@H](O)[C@H](O)[C@H]3O)cc2)cc1. The van der Waals surface area contributed by atoms with Crippen molar-refractivity contribution in [2.75, 3.05) is 17.7 Å². The molecule has 8 atom stereocenters. The van der Waals surface area contributed by atoms with E-state index in [1.54, 1.807) is 53.4 Å². The summed E-state index contributed by atoms with van der Waals surface area (Å²) in [5.41, 5.74) is 3.11. The van der Waals surface area contributed by atoms with Gasteiger partial charge in [0.25, 0.3) is 0 Å². The third-order valence-corrected chi connectivity index (χ3v) is 9.24. The van der Waals surface area contributed by atoms with Gasteiger partial charge in [-0.05, 0) is 65.9 Å². The molecule has 0 aromatic heterocycles. The summed E-state index contributed by atoms with van der Waals surface area (Å²) < 4.78 is 48.9. The van der Waals surface area contributed by atoms with E-state index in [-0.39, 0.29) is 25.5 Å². The predicted octanol–water partition coefficient (Wildman–Crippen LogP) is 1.35. The molecular formula is C35H37FN2O11S. The van der Waals surface area contributed by atoms with Crippen LogP contribution in [0.4, 0.5) is 10.1 Å². The molecule has 0 aliphatic carbocycles. The standard InChI is InChI=1S/C35H37FN2O11S/c1-50(46,47)37-18-2-3-20-6-14-25(15-7-20)38-28(26(33(38)43)16-17-27(39)22-10-12-24(36)13-11-22)23-8-4-21(5-9-23)19-48-35-31(42)29(40)30(41)32(49-35)34(44)45/h4-15,26-32,35,37,39-42H,16-19H2,1H3,(H,44,45)/t26-,27+,28-,29+,30+,31-,32+,35-/m1/s1. The lowest BCUT2D eigenvalue weighted by atomic mass is 9.78. The van der Waals surface area contributed by atoms with Gasteiger partial charge in [-0.1, -0.05) is 48.2 Å². The van der Waals surface area contributed by atoms with Gasteiger partial charge in [0.05, 0.1) is 37.5 Å². The highest BCUT2D eigenvalue weighted by atomic mass is 32.2. The molecule has 50 heavy (non-hydrogen) atoms. The summed E-state index contributed by atoms with van der Waals surface area (Å²) in [6.07, 6.45) is -7.94. The fraction of sp³-hybridized carbons (Fsp3) is 0.371. The summed E-state index contributed by atoms with van der Waals surface area (Å²) in [5.74, 6) is 2.99. The fourth-order valence-corrected chi connectivity index (χ4v) is 6.22. The number of carbonyl (C=O) groups excluding carboxylic acids is 1. The number of nitrogens with zero attached hydrogens (tertiary/aromatic N) is 1. The molecule has 266 valence electrons. The number of nitrogens with one attached hydrogen (secondary N) is 1. The van der Waals surface area contributed by atoms with E-state index in [9.17, 15) is 47.9 Å². The number of benzene rings is 3. The molecule has 0 radical (unpaired) electrons. The summed E-state index contributed by atoms with van der Waals surface area (Å²) in [6.45, 7) is -0.193. The normalized spacial score (nSPS) is 25.7. The van der Waals surface area contributed by atoms with E-state index in [1.165, 1.54) is 24.3 Å². The molecule has 3 aromatic rings. The first kappa shape index (κ1) is 37.0. The number of carboxylic acid groups (broad SMARTS) is 1. The Morgan fingerprint density at radius 2 is 1.66 bits per heavy atom. The zero-order valence-electron chi connectivity index (χ0n) is 26.8. The van der Waals surface area contributed by atoms with E-state index >= 15 is 0 Å². The number of carboxylic acids is 1. The summed E-state index contributed by atoms with van der Waals surface area (Å²) in [7, 11) is -3.37. The van der Waals surface area contributed by atoms with Gasteiger partial charge in [0.15, 0.2) is 12.4 Å².